The zero-order valence-corrected chi connectivity index (χ0v) is 11.9. The second-order valence-electron chi connectivity index (χ2n) is 2.74. The average Bonchev–Trinajstić information content (AvgIpc) is 2.02. The van der Waals surface area contributed by atoms with Gasteiger partial charge in [-0.15, -0.1) is 0 Å². The highest BCUT2D eigenvalue weighted by Crippen LogP contribution is 2.22. The SMILES string of the molecule is Cc1cc(C)c(C#CSI)c(Br)c1. The van der Waals surface area contributed by atoms with Crippen LogP contribution in [0.4, 0.5) is 0 Å². The second-order valence-corrected chi connectivity index (χ2v) is 5.28. The van der Waals surface area contributed by atoms with Gasteiger partial charge in [0.2, 0.25) is 0 Å². The predicted octanol–water partition coefficient (Wildman–Crippen LogP) is 4.46. The van der Waals surface area contributed by atoms with Crippen molar-refractivity contribution in [2.45, 2.75) is 13.8 Å². The van der Waals surface area contributed by atoms with Crippen molar-refractivity contribution in [1.29, 1.82) is 0 Å². The first-order valence-corrected chi connectivity index (χ1v) is 7.85. The van der Waals surface area contributed by atoms with Crippen molar-refractivity contribution in [1.82, 2.24) is 0 Å². The third kappa shape index (κ3) is 3.19. The lowest BCUT2D eigenvalue weighted by atomic mass is 10.1. The topological polar surface area (TPSA) is 0 Å². The molecule has 1 aromatic rings. The zero-order chi connectivity index (χ0) is 9.84. The Labute approximate surface area is 104 Å². The first kappa shape index (κ1) is 11.4. The fourth-order valence-corrected chi connectivity index (χ4v) is 2.39. The quantitative estimate of drug-likeness (QED) is 0.482. The number of hydrogen-bond donors (Lipinski definition) is 0. The third-order valence-corrected chi connectivity index (χ3v) is 3.11. The van der Waals surface area contributed by atoms with E-state index in [4.69, 9.17) is 0 Å². The maximum atomic E-state index is 3.51. The van der Waals surface area contributed by atoms with Crippen molar-refractivity contribution in [2.24, 2.45) is 0 Å². The number of aryl methyl sites for hydroxylation is 2. The maximum Gasteiger partial charge on any atom is 0.0426 e. The Morgan fingerprint density at radius 3 is 2.62 bits per heavy atom. The highest BCUT2D eigenvalue weighted by molar-refractivity contribution is 14.2. The molecular weight excluding hydrogens is 359 g/mol. The largest absolute Gasteiger partial charge is 0.0551 e. The molecular formula is C10H8BrIS. The van der Waals surface area contributed by atoms with Crippen LogP contribution >= 0.6 is 46.1 Å². The summed E-state index contributed by atoms with van der Waals surface area (Å²) in [5.41, 5.74) is 3.58. The van der Waals surface area contributed by atoms with E-state index in [1.54, 1.807) is 0 Å². The molecule has 0 atom stereocenters. The van der Waals surface area contributed by atoms with E-state index in [1.807, 2.05) is 0 Å². The van der Waals surface area contributed by atoms with Gasteiger partial charge in [0, 0.05) is 31.2 Å². The van der Waals surface area contributed by atoms with E-state index >= 15 is 0 Å². The molecule has 0 N–H and O–H groups in total. The summed E-state index contributed by atoms with van der Waals surface area (Å²) >= 11 is 5.69. The normalized spacial score (nSPS) is 9.23. The molecule has 0 unspecified atom stereocenters. The van der Waals surface area contributed by atoms with Crippen molar-refractivity contribution in [2.75, 3.05) is 0 Å². The van der Waals surface area contributed by atoms with E-state index < -0.39 is 0 Å². The molecule has 0 spiro atoms. The van der Waals surface area contributed by atoms with Crippen LogP contribution in [0.1, 0.15) is 16.7 Å². The molecule has 1 aromatic carbocycles. The highest BCUT2D eigenvalue weighted by atomic mass is 127. The van der Waals surface area contributed by atoms with Crippen LogP contribution in [-0.2, 0) is 0 Å². The van der Waals surface area contributed by atoms with Crippen LogP contribution in [0.5, 0.6) is 0 Å². The summed E-state index contributed by atoms with van der Waals surface area (Å²) in [6.07, 6.45) is 0. The molecule has 0 aliphatic heterocycles. The first-order chi connectivity index (χ1) is 6.15. The molecule has 0 aliphatic rings. The van der Waals surface area contributed by atoms with Crippen LogP contribution < -0.4 is 0 Å². The molecule has 0 aromatic heterocycles. The predicted molar refractivity (Wildman–Crippen MR) is 72.1 cm³/mol. The summed E-state index contributed by atoms with van der Waals surface area (Å²) in [7, 11) is 1.51. The van der Waals surface area contributed by atoms with Crippen LogP contribution in [0.2, 0.25) is 0 Å². The number of halogens is 2. The summed E-state index contributed by atoms with van der Waals surface area (Å²) in [6, 6.07) is 4.24. The first-order valence-electron chi connectivity index (χ1n) is 3.70. The molecule has 3 heteroatoms. The van der Waals surface area contributed by atoms with Gasteiger partial charge in [-0.3, -0.25) is 0 Å². The lowest BCUT2D eigenvalue weighted by molar-refractivity contribution is 1.34. The van der Waals surface area contributed by atoms with Gasteiger partial charge in [0.25, 0.3) is 0 Å². The van der Waals surface area contributed by atoms with Crippen LogP contribution in [0, 0.1) is 25.0 Å². The molecule has 68 valence electrons. The summed E-state index contributed by atoms with van der Waals surface area (Å²) in [5, 5.41) is 2.99. The van der Waals surface area contributed by atoms with Gasteiger partial charge < -0.3 is 0 Å². The molecule has 0 bridgehead atoms. The van der Waals surface area contributed by atoms with Crippen molar-refractivity contribution >= 4 is 46.1 Å². The van der Waals surface area contributed by atoms with Crippen LogP contribution in [-0.4, -0.2) is 0 Å². The minimum absolute atomic E-state index is 1.09. The van der Waals surface area contributed by atoms with Crippen molar-refractivity contribution < 1.29 is 0 Å². The van der Waals surface area contributed by atoms with Crippen molar-refractivity contribution in [3.63, 3.8) is 0 Å². The molecule has 0 radical (unpaired) electrons. The van der Waals surface area contributed by atoms with E-state index in [9.17, 15) is 0 Å². The Kier molecular flexibility index (Phi) is 4.63. The average molecular weight is 367 g/mol. The Hall–Kier alpha value is 0.340. The van der Waals surface area contributed by atoms with Crippen LogP contribution in [0.15, 0.2) is 16.6 Å². The van der Waals surface area contributed by atoms with E-state index in [-0.39, 0.29) is 0 Å². The fraction of sp³-hybridized carbons (Fsp3) is 0.200. The second kappa shape index (κ2) is 5.28. The third-order valence-electron chi connectivity index (χ3n) is 1.65. The van der Waals surface area contributed by atoms with E-state index in [0.717, 1.165) is 10.0 Å². The van der Waals surface area contributed by atoms with Gasteiger partial charge in [0.1, 0.15) is 0 Å². The van der Waals surface area contributed by atoms with E-state index in [2.05, 4.69) is 74.3 Å². The molecule has 1 rings (SSSR count). The molecule has 0 saturated heterocycles. The van der Waals surface area contributed by atoms with Crippen LogP contribution in [0.3, 0.4) is 0 Å². The fourth-order valence-electron chi connectivity index (χ4n) is 1.14. The summed E-state index contributed by atoms with van der Waals surface area (Å²) < 4.78 is 1.09. The van der Waals surface area contributed by atoms with Gasteiger partial charge in [-0.1, -0.05) is 12.0 Å². The Balaban J connectivity index is 3.21. The summed E-state index contributed by atoms with van der Waals surface area (Å²) in [4.78, 5) is 0. The molecule has 0 amide bonds. The van der Waals surface area contributed by atoms with E-state index in [0.29, 0.717) is 0 Å². The van der Waals surface area contributed by atoms with Crippen molar-refractivity contribution in [3.8, 4) is 11.2 Å². The maximum absolute atomic E-state index is 3.51. The van der Waals surface area contributed by atoms with Gasteiger partial charge in [0.15, 0.2) is 0 Å². The molecule has 0 heterocycles. The lowest BCUT2D eigenvalue weighted by Gasteiger charge is -2.02. The van der Waals surface area contributed by atoms with Gasteiger partial charge in [-0.2, -0.15) is 0 Å². The monoisotopic (exact) mass is 366 g/mol. The van der Waals surface area contributed by atoms with Crippen LogP contribution in [0.25, 0.3) is 0 Å². The van der Waals surface area contributed by atoms with Gasteiger partial charge >= 0.3 is 0 Å². The van der Waals surface area contributed by atoms with Crippen molar-refractivity contribution in [3.05, 3.63) is 33.3 Å². The highest BCUT2D eigenvalue weighted by Gasteiger charge is 2.01. The number of rotatable bonds is 0. The van der Waals surface area contributed by atoms with Gasteiger partial charge in [0.05, 0.1) is 0 Å². The smallest absolute Gasteiger partial charge is 0.0426 e. The van der Waals surface area contributed by atoms with E-state index in [1.165, 1.54) is 20.1 Å². The molecule has 0 fully saturated rings. The van der Waals surface area contributed by atoms with Gasteiger partial charge in [-0.25, -0.2) is 0 Å². The standard InChI is InChI=1S/C10H8BrIS/c1-7-5-8(2)9(3-4-13-12)10(11)6-7/h5-6H,1-2H3. The summed E-state index contributed by atoms with van der Waals surface area (Å²) in [5.74, 6) is 3.12. The Morgan fingerprint density at radius 1 is 1.38 bits per heavy atom. The lowest BCUT2D eigenvalue weighted by Crippen LogP contribution is -1.85. The molecule has 0 nitrogen and oxygen atoms in total. The summed E-state index contributed by atoms with van der Waals surface area (Å²) in [6.45, 7) is 4.17. The number of hydrogen-bond acceptors (Lipinski definition) is 1. The molecule has 0 saturated carbocycles. The number of benzene rings is 1. The Bertz CT molecular complexity index is 353. The minimum atomic E-state index is 1.09. The molecule has 0 aliphatic carbocycles. The minimum Gasteiger partial charge on any atom is -0.0551 e. The molecule has 13 heavy (non-hydrogen) atoms. The Morgan fingerprint density at radius 2 is 2.08 bits per heavy atom. The van der Waals surface area contributed by atoms with Gasteiger partial charge in [-0.05, 0) is 61.2 Å². The zero-order valence-electron chi connectivity index (χ0n) is 7.32.